The summed E-state index contributed by atoms with van der Waals surface area (Å²) in [5.41, 5.74) is 0. The molecule has 4 nitrogen and oxygen atoms in total. The molecule has 17 heavy (non-hydrogen) atoms. The van der Waals surface area contributed by atoms with Crippen LogP contribution in [0.5, 0.6) is 0 Å². The van der Waals surface area contributed by atoms with E-state index >= 15 is 0 Å². The summed E-state index contributed by atoms with van der Waals surface area (Å²) >= 11 is 0. The van der Waals surface area contributed by atoms with Crippen LogP contribution in [0.1, 0.15) is 40.0 Å². The van der Waals surface area contributed by atoms with E-state index in [4.69, 9.17) is 0 Å². The second-order valence-corrected chi connectivity index (χ2v) is 7.71. The third-order valence-corrected chi connectivity index (χ3v) is 4.94. The lowest BCUT2D eigenvalue weighted by Crippen LogP contribution is -2.37. The summed E-state index contributed by atoms with van der Waals surface area (Å²) in [5, 5.41) is 2.91. The number of amides is 1. The molecule has 0 bridgehead atoms. The molecule has 1 fully saturated rings. The molecule has 0 aromatic carbocycles. The van der Waals surface area contributed by atoms with E-state index in [2.05, 4.69) is 19.2 Å². The lowest BCUT2D eigenvalue weighted by atomic mass is 10.0. The Balaban J connectivity index is 2.34. The maximum Gasteiger partial charge on any atom is 0.224 e. The third-order valence-electron chi connectivity index (χ3n) is 3.17. The molecule has 0 aromatic heterocycles. The molecule has 100 valence electrons. The van der Waals surface area contributed by atoms with Gasteiger partial charge < -0.3 is 5.32 Å². The summed E-state index contributed by atoms with van der Waals surface area (Å²) in [7, 11) is -2.96. The average Bonchev–Trinajstić information content (AvgIpc) is 2.56. The first-order chi connectivity index (χ1) is 7.80. The van der Waals surface area contributed by atoms with Crippen molar-refractivity contribution in [3.8, 4) is 0 Å². The number of carbonyl (C=O) groups is 1. The minimum absolute atomic E-state index is 0.0235. The van der Waals surface area contributed by atoms with Crippen molar-refractivity contribution in [1.82, 2.24) is 5.32 Å². The maximum absolute atomic E-state index is 11.8. The smallest absolute Gasteiger partial charge is 0.224 e. The SMILES string of the molecule is CC(C)CCC(C)NC(=O)C1CCS(=O)(=O)C1. The second-order valence-electron chi connectivity index (χ2n) is 5.48. The molecule has 1 aliphatic rings. The van der Waals surface area contributed by atoms with E-state index in [0.717, 1.165) is 12.8 Å². The van der Waals surface area contributed by atoms with Crippen molar-refractivity contribution in [2.45, 2.75) is 46.1 Å². The van der Waals surface area contributed by atoms with E-state index in [1.807, 2.05) is 6.92 Å². The van der Waals surface area contributed by atoms with E-state index in [9.17, 15) is 13.2 Å². The summed E-state index contributed by atoms with van der Waals surface area (Å²) in [6, 6.07) is 0.133. The van der Waals surface area contributed by atoms with Crippen LogP contribution in [0.4, 0.5) is 0 Å². The first kappa shape index (κ1) is 14.5. The highest BCUT2D eigenvalue weighted by molar-refractivity contribution is 7.91. The fraction of sp³-hybridized carbons (Fsp3) is 0.917. The molecule has 1 aliphatic heterocycles. The van der Waals surface area contributed by atoms with Gasteiger partial charge in [0.05, 0.1) is 17.4 Å². The van der Waals surface area contributed by atoms with E-state index in [-0.39, 0.29) is 29.4 Å². The van der Waals surface area contributed by atoms with Crippen molar-refractivity contribution in [2.75, 3.05) is 11.5 Å². The predicted octanol–water partition coefficient (Wildman–Crippen LogP) is 1.36. The molecule has 1 saturated heterocycles. The Morgan fingerprint density at radius 3 is 2.41 bits per heavy atom. The highest BCUT2D eigenvalue weighted by Crippen LogP contribution is 2.18. The van der Waals surface area contributed by atoms with Crippen molar-refractivity contribution in [2.24, 2.45) is 11.8 Å². The molecule has 0 aliphatic carbocycles. The number of hydrogen-bond acceptors (Lipinski definition) is 3. The van der Waals surface area contributed by atoms with Gasteiger partial charge in [0.25, 0.3) is 0 Å². The first-order valence-corrected chi connectivity index (χ1v) is 8.13. The number of nitrogens with one attached hydrogen (secondary N) is 1. The van der Waals surface area contributed by atoms with Gasteiger partial charge in [0.15, 0.2) is 9.84 Å². The molecule has 0 saturated carbocycles. The minimum atomic E-state index is -2.96. The van der Waals surface area contributed by atoms with Gasteiger partial charge >= 0.3 is 0 Å². The van der Waals surface area contributed by atoms with Crippen molar-refractivity contribution >= 4 is 15.7 Å². The van der Waals surface area contributed by atoms with E-state index in [1.54, 1.807) is 0 Å². The summed E-state index contributed by atoms with van der Waals surface area (Å²) < 4.78 is 22.5. The lowest BCUT2D eigenvalue weighted by Gasteiger charge is -2.17. The standard InChI is InChI=1S/C12H23NO3S/c1-9(2)4-5-10(3)13-12(14)11-6-7-17(15,16)8-11/h9-11H,4-8H2,1-3H3,(H,13,14). The van der Waals surface area contributed by atoms with Crippen LogP contribution < -0.4 is 5.32 Å². The summed E-state index contributed by atoms with van der Waals surface area (Å²) in [6.07, 6.45) is 2.50. The molecule has 0 spiro atoms. The molecule has 0 aromatic rings. The zero-order valence-corrected chi connectivity index (χ0v) is 11.7. The first-order valence-electron chi connectivity index (χ1n) is 6.31. The Morgan fingerprint density at radius 1 is 1.29 bits per heavy atom. The summed E-state index contributed by atoms with van der Waals surface area (Å²) in [6.45, 7) is 6.28. The van der Waals surface area contributed by atoms with Crippen molar-refractivity contribution in [3.63, 3.8) is 0 Å². The Hall–Kier alpha value is -0.580. The molecule has 2 atom stereocenters. The Kier molecular flexibility index (Phi) is 4.98. The van der Waals surface area contributed by atoms with Crippen LogP contribution in [0.2, 0.25) is 0 Å². The topological polar surface area (TPSA) is 63.2 Å². The van der Waals surface area contributed by atoms with Gasteiger partial charge in [-0.05, 0) is 32.1 Å². The van der Waals surface area contributed by atoms with Crippen LogP contribution in [0.25, 0.3) is 0 Å². The largest absolute Gasteiger partial charge is 0.353 e. The molecule has 2 unspecified atom stereocenters. The molecule has 1 heterocycles. The van der Waals surface area contributed by atoms with Crippen LogP contribution in [-0.4, -0.2) is 31.9 Å². The number of carbonyl (C=O) groups excluding carboxylic acids is 1. The van der Waals surface area contributed by atoms with E-state index < -0.39 is 9.84 Å². The molecule has 1 N–H and O–H groups in total. The van der Waals surface area contributed by atoms with Crippen molar-refractivity contribution in [3.05, 3.63) is 0 Å². The van der Waals surface area contributed by atoms with Gasteiger partial charge in [0, 0.05) is 6.04 Å². The fourth-order valence-corrected chi connectivity index (χ4v) is 3.76. The Labute approximate surface area is 104 Å². The average molecular weight is 261 g/mol. The van der Waals surface area contributed by atoms with Gasteiger partial charge in [-0.15, -0.1) is 0 Å². The predicted molar refractivity (Wildman–Crippen MR) is 68.4 cm³/mol. The van der Waals surface area contributed by atoms with Crippen molar-refractivity contribution in [1.29, 1.82) is 0 Å². The Bertz CT molecular complexity index is 362. The van der Waals surface area contributed by atoms with Crippen LogP contribution >= 0.6 is 0 Å². The Morgan fingerprint density at radius 2 is 1.94 bits per heavy atom. The molecular formula is C12H23NO3S. The molecule has 0 radical (unpaired) electrons. The highest BCUT2D eigenvalue weighted by atomic mass is 32.2. The van der Waals surface area contributed by atoms with Crippen molar-refractivity contribution < 1.29 is 13.2 Å². The summed E-state index contributed by atoms with van der Waals surface area (Å²) in [4.78, 5) is 11.8. The number of sulfone groups is 1. The third kappa shape index (κ3) is 5.06. The van der Waals surface area contributed by atoms with E-state index in [0.29, 0.717) is 12.3 Å². The molecular weight excluding hydrogens is 238 g/mol. The van der Waals surface area contributed by atoms with Crippen LogP contribution in [-0.2, 0) is 14.6 Å². The van der Waals surface area contributed by atoms with Crippen LogP contribution in [0.15, 0.2) is 0 Å². The van der Waals surface area contributed by atoms with Gasteiger partial charge in [-0.1, -0.05) is 13.8 Å². The lowest BCUT2D eigenvalue weighted by molar-refractivity contribution is -0.124. The van der Waals surface area contributed by atoms with E-state index in [1.165, 1.54) is 0 Å². The van der Waals surface area contributed by atoms with Gasteiger partial charge in [-0.2, -0.15) is 0 Å². The van der Waals surface area contributed by atoms with Crippen LogP contribution in [0, 0.1) is 11.8 Å². The van der Waals surface area contributed by atoms with Gasteiger partial charge in [0.1, 0.15) is 0 Å². The normalized spacial score (nSPS) is 24.8. The number of hydrogen-bond donors (Lipinski definition) is 1. The second kappa shape index (κ2) is 5.85. The fourth-order valence-electron chi connectivity index (χ4n) is 2.02. The zero-order valence-electron chi connectivity index (χ0n) is 10.9. The van der Waals surface area contributed by atoms with Gasteiger partial charge in [0.2, 0.25) is 5.91 Å². The molecule has 5 heteroatoms. The van der Waals surface area contributed by atoms with Gasteiger partial charge in [-0.25, -0.2) is 8.42 Å². The molecule has 1 amide bonds. The highest BCUT2D eigenvalue weighted by Gasteiger charge is 2.33. The van der Waals surface area contributed by atoms with Crippen LogP contribution in [0.3, 0.4) is 0 Å². The molecule has 1 rings (SSSR count). The zero-order chi connectivity index (χ0) is 13.1. The summed E-state index contributed by atoms with van der Waals surface area (Å²) in [5.74, 6) is 0.381. The van der Waals surface area contributed by atoms with Gasteiger partial charge in [-0.3, -0.25) is 4.79 Å². The minimum Gasteiger partial charge on any atom is -0.353 e. The maximum atomic E-state index is 11.8. The number of rotatable bonds is 5. The quantitative estimate of drug-likeness (QED) is 0.813. The monoisotopic (exact) mass is 261 g/mol.